The lowest BCUT2D eigenvalue weighted by atomic mass is 10.1. The van der Waals surface area contributed by atoms with Crippen LogP contribution in [0.15, 0.2) is 6.20 Å². The maximum absolute atomic E-state index is 10.6. The van der Waals surface area contributed by atoms with Crippen LogP contribution >= 0.6 is 0 Å². The largest absolute Gasteiger partial charge is 0.465 e. The quantitative estimate of drug-likeness (QED) is 0.718. The zero-order valence-corrected chi connectivity index (χ0v) is 10.5. The monoisotopic (exact) mass is 253 g/mol. The molecule has 1 saturated heterocycles. The summed E-state index contributed by atoms with van der Waals surface area (Å²) in [6.07, 6.45) is 3.29. The fourth-order valence-corrected chi connectivity index (χ4v) is 2.46. The summed E-state index contributed by atoms with van der Waals surface area (Å²) in [5, 5.41) is 15.4. The number of amides is 1. The van der Waals surface area contributed by atoms with E-state index in [4.69, 9.17) is 10.8 Å². The highest BCUT2D eigenvalue weighted by atomic mass is 16.4. The molecular formula is C11H19N5O2. The number of nitrogens with one attached hydrogen (secondary N) is 1. The molecule has 18 heavy (non-hydrogen) atoms. The van der Waals surface area contributed by atoms with Gasteiger partial charge in [-0.25, -0.2) is 4.79 Å². The number of aryl methyl sites for hydroxylation is 1. The number of rotatable bonds is 2. The first-order valence-corrected chi connectivity index (χ1v) is 6.10. The average molecular weight is 253 g/mol. The summed E-state index contributed by atoms with van der Waals surface area (Å²) in [5.41, 5.74) is 6.57. The van der Waals surface area contributed by atoms with Crippen molar-refractivity contribution >= 4 is 17.6 Å². The molecule has 4 N–H and O–H groups in total. The van der Waals surface area contributed by atoms with Gasteiger partial charge in [0.15, 0.2) is 0 Å². The third-order valence-corrected chi connectivity index (χ3v) is 3.29. The van der Waals surface area contributed by atoms with E-state index in [-0.39, 0.29) is 6.04 Å². The van der Waals surface area contributed by atoms with Gasteiger partial charge >= 0.3 is 6.09 Å². The lowest BCUT2D eigenvalue weighted by Crippen LogP contribution is -2.34. The van der Waals surface area contributed by atoms with E-state index in [1.54, 1.807) is 10.9 Å². The number of anilines is 2. The molecule has 1 aromatic rings. The van der Waals surface area contributed by atoms with E-state index in [0.717, 1.165) is 38.2 Å². The fraction of sp³-hybridized carbons (Fsp3) is 0.636. The van der Waals surface area contributed by atoms with Crippen LogP contribution in [0, 0.1) is 0 Å². The van der Waals surface area contributed by atoms with E-state index < -0.39 is 6.09 Å². The molecule has 1 aliphatic rings. The Labute approximate surface area is 106 Å². The number of nitrogens with zero attached hydrogens (tertiary/aromatic N) is 3. The number of nitrogen functional groups attached to an aromatic ring is 1. The van der Waals surface area contributed by atoms with Crippen molar-refractivity contribution < 1.29 is 9.90 Å². The number of carbonyl (C=O) groups is 1. The molecule has 1 fully saturated rings. The van der Waals surface area contributed by atoms with Crippen molar-refractivity contribution in [3.8, 4) is 0 Å². The molecule has 1 atom stereocenters. The van der Waals surface area contributed by atoms with Crippen LogP contribution in [0.3, 0.4) is 0 Å². The second-order valence-electron chi connectivity index (χ2n) is 4.61. The minimum atomic E-state index is -0.950. The molecule has 0 aromatic carbocycles. The van der Waals surface area contributed by atoms with Crippen LogP contribution < -0.4 is 16.0 Å². The Kier molecular flexibility index (Phi) is 3.59. The molecule has 2 heterocycles. The van der Waals surface area contributed by atoms with E-state index >= 15 is 0 Å². The van der Waals surface area contributed by atoms with Crippen molar-refractivity contribution in [2.75, 3.05) is 23.7 Å². The summed E-state index contributed by atoms with van der Waals surface area (Å²) in [6, 6.07) is 0.0296. The van der Waals surface area contributed by atoms with Crippen LogP contribution in [-0.4, -0.2) is 40.1 Å². The molecule has 2 rings (SSSR count). The van der Waals surface area contributed by atoms with Gasteiger partial charge in [0.25, 0.3) is 0 Å². The molecule has 7 heteroatoms. The average Bonchev–Trinajstić information content (AvgIpc) is 2.52. The number of hydrogen-bond acceptors (Lipinski definition) is 4. The van der Waals surface area contributed by atoms with E-state index in [0.29, 0.717) is 5.69 Å². The molecule has 0 spiro atoms. The molecule has 0 saturated carbocycles. The van der Waals surface area contributed by atoms with Crippen molar-refractivity contribution in [2.24, 2.45) is 7.05 Å². The molecule has 0 radical (unpaired) electrons. The number of nitrogens with two attached hydrogens (primary N) is 1. The molecule has 100 valence electrons. The Morgan fingerprint density at radius 2 is 2.33 bits per heavy atom. The Morgan fingerprint density at radius 1 is 1.56 bits per heavy atom. The van der Waals surface area contributed by atoms with E-state index in [1.165, 1.54) is 0 Å². The predicted molar refractivity (Wildman–Crippen MR) is 68.6 cm³/mol. The van der Waals surface area contributed by atoms with Crippen LogP contribution in [-0.2, 0) is 7.05 Å². The van der Waals surface area contributed by atoms with E-state index in [2.05, 4.69) is 15.3 Å². The van der Waals surface area contributed by atoms with E-state index in [1.807, 2.05) is 7.05 Å². The van der Waals surface area contributed by atoms with Gasteiger partial charge in [-0.2, -0.15) is 5.10 Å². The van der Waals surface area contributed by atoms with Crippen LogP contribution in [0.2, 0.25) is 0 Å². The van der Waals surface area contributed by atoms with Crippen molar-refractivity contribution in [1.29, 1.82) is 0 Å². The van der Waals surface area contributed by atoms with Gasteiger partial charge in [-0.3, -0.25) is 4.68 Å². The first kappa shape index (κ1) is 12.5. The van der Waals surface area contributed by atoms with Gasteiger partial charge in [-0.15, -0.1) is 0 Å². The minimum Gasteiger partial charge on any atom is -0.465 e. The predicted octanol–water partition coefficient (Wildman–Crippen LogP) is 0.629. The smallest absolute Gasteiger partial charge is 0.404 e. The highest BCUT2D eigenvalue weighted by molar-refractivity contribution is 5.65. The number of carboxylic acid groups (broad SMARTS) is 1. The van der Waals surface area contributed by atoms with Gasteiger partial charge in [-0.1, -0.05) is 0 Å². The van der Waals surface area contributed by atoms with Crippen molar-refractivity contribution in [2.45, 2.75) is 25.3 Å². The lowest BCUT2D eigenvalue weighted by Gasteiger charge is -2.23. The molecule has 0 aliphatic carbocycles. The molecule has 1 aliphatic heterocycles. The van der Waals surface area contributed by atoms with Crippen molar-refractivity contribution in [3.05, 3.63) is 6.20 Å². The fourth-order valence-electron chi connectivity index (χ4n) is 2.46. The van der Waals surface area contributed by atoms with Gasteiger partial charge in [-0.05, 0) is 19.3 Å². The normalized spacial score (nSPS) is 20.5. The summed E-state index contributed by atoms with van der Waals surface area (Å²) in [7, 11) is 1.86. The minimum absolute atomic E-state index is 0.0296. The number of aromatic nitrogens is 2. The molecule has 1 amide bonds. The van der Waals surface area contributed by atoms with Crippen molar-refractivity contribution in [1.82, 2.24) is 15.1 Å². The summed E-state index contributed by atoms with van der Waals surface area (Å²) in [5.74, 6) is 0.922. The number of hydrogen-bond donors (Lipinski definition) is 3. The SMILES string of the molecule is Cn1ncc(N)c1N1CCC[C@@H](NC(=O)O)CC1. The summed E-state index contributed by atoms with van der Waals surface area (Å²) in [6.45, 7) is 1.66. The van der Waals surface area contributed by atoms with Gasteiger partial charge < -0.3 is 21.1 Å². The summed E-state index contributed by atoms with van der Waals surface area (Å²) < 4.78 is 1.76. The van der Waals surface area contributed by atoms with E-state index in [9.17, 15) is 4.79 Å². The molecule has 1 aromatic heterocycles. The van der Waals surface area contributed by atoms with Gasteiger partial charge in [0.1, 0.15) is 5.82 Å². The molecule has 0 unspecified atom stereocenters. The van der Waals surface area contributed by atoms with Crippen LogP contribution in [0.5, 0.6) is 0 Å². The third kappa shape index (κ3) is 2.66. The maximum atomic E-state index is 10.6. The van der Waals surface area contributed by atoms with Crippen LogP contribution in [0.4, 0.5) is 16.3 Å². The second kappa shape index (κ2) is 5.16. The van der Waals surface area contributed by atoms with Crippen LogP contribution in [0.1, 0.15) is 19.3 Å². The zero-order valence-electron chi connectivity index (χ0n) is 10.5. The maximum Gasteiger partial charge on any atom is 0.404 e. The molecule has 0 bridgehead atoms. The van der Waals surface area contributed by atoms with Gasteiger partial charge in [0, 0.05) is 26.2 Å². The zero-order chi connectivity index (χ0) is 13.1. The highest BCUT2D eigenvalue weighted by Crippen LogP contribution is 2.24. The van der Waals surface area contributed by atoms with Crippen LogP contribution in [0.25, 0.3) is 0 Å². The third-order valence-electron chi connectivity index (χ3n) is 3.29. The summed E-state index contributed by atoms with van der Waals surface area (Å²) in [4.78, 5) is 12.8. The Morgan fingerprint density at radius 3 is 2.94 bits per heavy atom. The molecular weight excluding hydrogens is 234 g/mol. The second-order valence-corrected chi connectivity index (χ2v) is 4.61. The lowest BCUT2D eigenvalue weighted by molar-refractivity contribution is 0.188. The van der Waals surface area contributed by atoms with Gasteiger partial charge in [0.2, 0.25) is 0 Å². The molecule has 7 nitrogen and oxygen atoms in total. The highest BCUT2D eigenvalue weighted by Gasteiger charge is 2.21. The topological polar surface area (TPSA) is 96.4 Å². The first-order chi connectivity index (χ1) is 8.58. The summed E-state index contributed by atoms with van der Waals surface area (Å²) >= 11 is 0. The Balaban J connectivity index is 2.03. The first-order valence-electron chi connectivity index (χ1n) is 6.10. The Hall–Kier alpha value is -1.92. The Bertz CT molecular complexity index is 412. The van der Waals surface area contributed by atoms with Crippen molar-refractivity contribution in [3.63, 3.8) is 0 Å². The standard InChI is InChI=1S/C11H19N5O2/c1-15-10(9(12)7-13-15)16-5-2-3-8(4-6-16)14-11(17)18/h7-8,14H,2-6,12H2,1H3,(H,17,18)/t8-/m1/s1. The van der Waals surface area contributed by atoms with Gasteiger partial charge in [0.05, 0.1) is 11.9 Å².